The Bertz CT molecular complexity index is 814. The van der Waals surface area contributed by atoms with Crippen molar-refractivity contribution in [2.75, 3.05) is 32.8 Å². The van der Waals surface area contributed by atoms with Crippen LogP contribution >= 0.6 is 0 Å². The maximum Gasteiger partial charge on any atom is 0.522 e. The first kappa shape index (κ1) is 23.3. The number of hydrogen-bond acceptors (Lipinski definition) is 8. The van der Waals surface area contributed by atoms with Crippen LogP contribution in [0.3, 0.4) is 0 Å². The first-order valence-electron chi connectivity index (χ1n) is 10.5. The van der Waals surface area contributed by atoms with Crippen molar-refractivity contribution in [1.82, 2.24) is 10.2 Å². The molecule has 0 aliphatic carbocycles. The van der Waals surface area contributed by atoms with Crippen LogP contribution in [0.2, 0.25) is 6.32 Å². The lowest BCUT2D eigenvalue weighted by molar-refractivity contribution is -0.127. The van der Waals surface area contributed by atoms with Gasteiger partial charge in [0.25, 0.3) is 0 Å². The minimum Gasteiger partial charge on any atom is -0.535 e. The summed E-state index contributed by atoms with van der Waals surface area (Å²) in [4.78, 5) is 26.1. The van der Waals surface area contributed by atoms with Crippen LogP contribution in [-0.2, 0) is 11.2 Å². The first-order valence-corrected chi connectivity index (χ1v) is 10.5. The van der Waals surface area contributed by atoms with E-state index in [9.17, 15) is 19.7 Å². The number of fused-ring (bicyclic) bond motifs is 1. The molecule has 10 nitrogen and oxygen atoms in total. The monoisotopic (exact) mass is 435 g/mol. The summed E-state index contributed by atoms with van der Waals surface area (Å²) in [6.45, 7) is 3.56. The second kappa shape index (κ2) is 9.86. The van der Waals surface area contributed by atoms with Crippen LogP contribution in [0.15, 0.2) is 12.1 Å². The van der Waals surface area contributed by atoms with Gasteiger partial charge >= 0.3 is 13.1 Å². The Morgan fingerprint density at radius 2 is 2.13 bits per heavy atom. The number of aliphatic hydroxyl groups is 1. The number of nitrogens with two attached hydrogens (primary N) is 1. The number of aliphatic hydroxyl groups excluding tert-OH is 1. The summed E-state index contributed by atoms with van der Waals surface area (Å²) in [6.07, 6.45) is 2.01. The zero-order valence-electron chi connectivity index (χ0n) is 17.7. The Hall–Kier alpha value is -2.34. The molecule has 2 aliphatic rings. The third kappa shape index (κ3) is 5.68. The molecular formula is C20H30BN3O7. The molecule has 31 heavy (non-hydrogen) atoms. The maximum absolute atomic E-state index is 12.3. The van der Waals surface area contributed by atoms with Gasteiger partial charge in [0.15, 0.2) is 0 Å². The molecule has 11 heteroatoms. The number of aromatic carboxylic acids is 1. The highest BCUT2D eigenvalue weighted by atomic mass is 16.5. The number of amides is 1. The van der Waals surface area contributed by atoms with Crippen LogP contribution in [0.4, 0.5) is 0 Å². The SMILES string of the molecule is C[C@@](N)(CN1CC(Oc2ccc3c(c2C(=O)O)OB(O)CC3)C1)C(=O)NCCCCO. The molecule has 0 spiro atoms. The van der Waals surface area contributed by atoms with E-state index in [1.807, 2.05) is 4.90 Å². The topological polar surface area (TPSA) is 155 Å². The predicted molar refractivity (Wildman–Crippen MR) is 113 cm³/mol. The summed E-state index contributed by atoms with van der Waals surface area (Å²) in [5, 5.41) is 31.0. The molecular weight excluding hydrogens is 405 g/mol. The first-order chi connectivity index (χ1) is 14.7. The van der Waals surface area contributed by atoms with Gasteiger partial charge in [-0.3, -0.25) is 9.69 Å². The molecule has 6 N–H and O–H groups in total. The van der Waals surface area contributed by atoms with Crippen molar-refractivity contribution in [3.8, 4) is 11.5 Å². The molecule has 1 saturated heterocycles. The molecule has 1 aromatic carbocycles. The molecule has 0 aromatic heterocycles. The number of carboxylic acids is 1. The lowest BCUT2D eigenvalue weighted by atomic mass is 9.78. The minimum absolute atomic E-state index is 0.0828. The van der Waals surface area contributed by atoms with Crippen molar-refractivity contribution in [1.29, 1.82) is 0 Å². The van der Waals surface area contributed by atoms with Crippen molar-refractivity contribution in [2.24, 2.45) is 5.73 Å². The molecule has 2 heterocycles. The molecule has 1 atom stereocenters. The summed E-state index contributed by atoms with van der Waals surface area (Å²) in [6, 6.07) is 3.39. The summed E-state index contributed by atoms with van der Waals surface area (Å²) in [7, 11) is -1.03. The largest absolute Gasteiger partial charge is 0.535 e. The number of unbranched alkanes of at least 4 members (excludes halogenated alkanes) is 1. The lowest BCUT2D eigenvalue weighted by Gasteiger charge is -2.42. The zero-order valence-corrected chi connectivity index (χ0v) is 17.7. The smallest absolute Gasteiger partial charge is 0.522 e. The van der Waals surface area contributed by atoms with Gasteiger partial charge in [0.05, 0.1) is 0 Å². The molecule has 0 radical (unpaired) electrons. The number of ether oxygens (including phenoxy) is 1. The molecule has 0 saturated carbocycles. The van der Waals surface area contributed by atoms with Gasteiger partial charge in [0.1, 0.15) is 28.7 Å². The van der Waals surface area contributed by atoms with E-state index in [1.165, 1.54) is 0 Å². The van der Waals surface area contributed by atoms with Crippen molar-refractivity contribution >= 4 is 19.0 Å². The number of likely N-dealkylation sites (tertiary alicyclic amines) is 1. The Morgan fingerprint density at radius 1 is 1.39 bits per heavy atom. The van der Waals surface area contributed by atoms with Crippen molar-refractivity contribution in [3.05, 3.63) is 23.3 Å². The van der Waals surface area contributed by atoms with E-state index in [2.05, 4.69) is 5.32 Å². The number of hydrogen-bond donors (Lipinski definition) is 5. The van der Waals surface area contributed by atoms with Gasteiger partial charge in [-0.25, -0.2) is 4.79 Å². The summed E-state index contributed by atoms with van der Waals surface area (Å²) in [5.41, 5.74) is 5.75. The normalized spacial score (nSPS) is 18.4. The Morgan fingerprint density at radius 3 is 2.81 bits per heavy atom. The van der Waals surface area contributed by atoms with Gasteiger partial charge in [0, 0.05) is 32.8 Å². The number of benzene rings is 1. The highest BCUT2D eigenvalue weighted by molar-refractivity contribution is 6.44. The zero-order chi connectivity index (χ0) is 22.6. The van der Waals surface area contributed by atoms with Gasteiger partial charge < -0.3 is 35.7 Å². The third-order valence-corrected chi connectivity index (χ3v) is 5.49. The highest BCUT2D eigenvalue weighted by Crippen LogP contribution is 2.37. The number of carbonyl (C=O) groups excluding carboxylic acids is 1. The summed E-state index contributed by atoms with van der Waals surface area (Å²) < 4.78 is 11.3. The van der Waals surface area contributed by atoms with Crippen LogP contribution in [0.5, 0.6) is 11.5 Å². The maximum atomic E-state index is 12.3. The lowest BCUT2D eigenvalue weighted by Crippen LogP contribution is -2.64. The fourth-order valence-electron chi connectivity index (χ4n) is 3.80. The predicted octanol–water partition coefficient (Wildman–Crippen LogP) is -0.531. The highest BCUT2D eigenvalue weighted by Gasteiger charge is 2.38. The quantitative estimate of drug-likeness (QED) is 0.241. The number of aryl methyl sites for hydroxylation is 1. The van der Waals surface area contributed by atoms with Crippen molar-refractivity contribution in [2.45, 2.75) is 44.1 Å². The van der Waals surface area contributed by atoms with E-state index >= 15 is 0 Å². The van der Waals surface area contributed by atoms with Gasteiger partial charge in [-0.1, -0.05) is 6.07 Å². The molecule has 3 rings (SSSR count). The van der Waals surface area contributed by atoms with E-state index in [1.54, 1.807) is 19.1 Å². The van der Waals surface area contributed by atoms with Crippen LogP contribution in [-0.4, -0.2) is 83.6 Å². The Labute approximate surface area is 181 Å². The van der Waals surface area contributed by atoms with Gasteiger partial charge in [0.2, 0.25) is 5.91 Å². The Kier molecular flexibility index (Phi) is 7.42. The average molecular weight is 435 g/mol. The summed E-state index contributed by atoms with van der Waals surface area (Å²) in [5.74, 6) is -1.08. The number of rotatable bonds is 10. The molecule has 0 unspecified atom stereocenters. The van der Waals surface area contributed by atoms with Crippen molar-refractivity contribution in [3.63, 3.8) is 0 Å². The fourth-order valence-corrected chi connectivity index (χ4v) is 3.80. The number of nitrogens with zero attached hydrogens (tertiary/aromatic N) is 1. The number of nitrogens with one attached hydrogen (secondary N) is 1. The second-order valence-electron chi connectivity index (χ2n) is 8.38. The standard InChI is InChI=1S/C20H30BN3O7/c1-20(22,19(28)23-8-2-3-9-25)12-24-10-14(11-24)30-15-5-4-13-6-7-21(29)31-17(13)16(15)18(26)27/h4-5,14,25,29H,2-3,6-12,22H2,1H3,(H,23,28)(H,26,27)/t20-/m1/s1. The van der Waals surface area contributed by atoms with Crippen LogP contribution < -0.4 is 20.4 Å². The third-order valence-electron chi connectivity index (χ3n) is 5.49. The molecule has 2 aliphatic heterocycles. The fraction of sp³-hybridized carbons (Fsp3) is 0.600. The summed E-state index contributed by atoms with van der Waals surface area (Å²) >= 11 is 0. The van der Waals surface area contributed by atoms with E-state index < -0.39 is 18.6 Å². The molecule has 0 bridgehead atoms. The minimum atomic E-state index is -1.18. The average Bonchev–Trinajstić information content (AvgIpc) is 2.68. The van der Waals surface area contributed by atoms with E-state index in [4.69, 9.17) is 20.2 Å². The van der Waals surface area contributed by atoms with E-state index in [0.717, 1.165) is 5.56 Å². The van der Waals surface area contributed by atoms with Gasteiger partial charge in [-0.2, -0.15) is 0 Å². The molecule has 1 fully saturated rings. The Balaban J connectivity index is 1.55. The molecule has 170 valence electrons. The molecule has 1 amide bonds. The van der Waals surface area contributed by atoms with Crippen LogP contribution in [0.25, 0.3) is 0 Å². The number of carboxylic acid groups (broad SMARTS) is 1. The molecule has 1 aromatic rings. The van der Waals surface area contributed by atoms with Gasteiger partial charge in [-0.05, 0) is 44.1 Å². The van der Waals surface area contributed by atoms with E-state index in [-0.39, 0.29) is 35.7 Å². The van der Waals surface area contributed by atoms with E-state index in [0.29, 0.717) is 51.8 Å². The second-order valence-corrected chi connectivity index (χ2v) is 8.38. The number of carbonyl (C=O) groups is 2. The van der Waals surface area contributed by atoms with Gasteiger partial charge in [-0.15, -0.1) is 0 Å². The van der Waals surface area contributed by atoms with Crippen molar-refractivity contribution < 1.29 is 34.2 Å². The van der Waals surface area contributed by atoms with Crippen LogP contribution in [0, 0.1) is 0 Å². The van der Waals surface area contributed by atoms with Crippen LogP contribution in [0.1, 0.15) is 35.7 Å².